The van der Waals surface area contributed by atoms with Crippen molar-refractivity contribution in [3.63, 3.8) is 0 Å². The molecule has 4 nitrogen and oxygen atoms in total. The summed E-state index contributed by atoms with van der Waals surface area (Å²) in [6.07, 6.45) is 5.74. The molecule has 0 aliphatic heterocycles. The van der Waals surface area contributed by atoms with Gasteiger partial charge in [0.1, 0.15) is 5.65 Å². The fourth-order valence-electron chi connectivity index (χ4n) is 2.04. The van der Waals surface area contributed by atoms with Crippen LogP contribution in [-0.4, -0.2) is 14.4 Å². The van der Waals surface area contributed by atoms with Crippen molar-refractivity contribution >= 4 is 17.2 Å². The SMILES string of the molecule is Cc1ccc(CNCc2cn3cc(Cl)ccc3n2)cn1. The molecule has 0 aromatic carbocycles. The van der Waals surface area contributed by atoms with Gasteiger partial charge in [0, 0.05) is 37.4 Å². The average molecular weight is 287 g/mol. The summed E-state index contributed by atoms with van der Waals surface area (Å²) in [5.74, 6) is 0. The van der Waals surface area contributed by atoms with Gasteiger partial charge in [0.15, 0.2) is 0 Å². The molecule has 5 heteroatoms. The van der Waals surface area contributed by atoms with Crippen LogP contribution in [0.2, 0.25) is 5.02 Å². The Labute approximate surface area is 122 Å². The average Bonchev–Trinajstić information content (AvgIpc) is 2.83. The van der Waals surface area contributed by atoms with E-state index in [0.29, 0.717) is 11.6 Å². The number of fused-ring (bicyclic) bond motifs is 1. The monoisotopic (exact) mass is 286 g/mol. The summed E-state index contributed by atoms with van der Waals surface area (Å²) in [5, 5.41) is 4.07. The van der Waals surface area contributed by atoms with Crippen LogP contribution < -0.4 is 5.32 Å². The van der Waals surface area contributed by atoms with Crippen molar-refractivity contribution in [2.45, 2.75) is 20.0 Å². The number of nitrogens with zero attached hydrogens (tertiary/aromatic N) is 3. The first-order chi connectivity index (χ1) is 9.70. The zero-order chi connectivity index (χ0) is 13.9. The Morgan fingerprint density at radius 2 is 2.05 bits per heavy atom. The maximum atomic E-state index is 5.95. The number of imidazole rings is 1. The predicted molar refractivity (Wildman–Crippen MR) is 79.7 cm³/mol. The molecule has 20 heavy (non-hydrogen) atoms. The topological polar surface area (TPSA) is 42.2 Å². The number of aryl methyl sites for hydroxylation is 1. The summed E-state index contributed by atoms with van der Waals surface area (Å²) in [6.45, 7) is 3.48. The molecule has 1 N–H and O–H groups in total. The number of pyridine rings is 2. The molecule has 3 aromatic heterocycles. The van der Waals surface area contributed by atoms with Gasteiger partial charge in [-0.1, -0.05) is 17.7 Å². The van der Waals surface area contributed by atoms with Gasteiger partial charge >= 0.3 is 0 Å². The Hall–Kier alpha value is -1.91. The molecule has 0 saturated carbocycles. The van der Waals surface area contributed by atoms with Crippen molar-refractivity contribution in [3.8, 4) is 0 Å². The zero-order valence-corrected chi connectivity index (χ0v) is 11.9. The third-order valence-corrected chi connectivity index (χ3v) is 3.30. The van der Waals surface area contributed by atoms with E-state index in [1.807, 2.05) is 48.1 Å². The van der Waals surface area contributed by atoms with E-state index < -0.39 is 0 Å². The molecule has 3 rings (SSSR count). The number of nitrogens with one attached hydrogen (secondary N) is 1. The van der Waals surface area contributed by atoms with Gasteiger partial charge in [-0.3, -0.25) is 4.98 Å². The predicted octanol–water partition coefficient (Wildman–Crippen LogP) is 2.98. The van der Waals surface area contributed by atoms with Crippen LogP contribution >= 0.6 is 11.6 Å². The molecule has 0 aliphatic rings. The lowest BCUT2D eigenvalue weighted by Gasteiger charge is -2.02. The standard InChI is InChI=1S/C15H15ClN4/c1-11-2-3-12(7-18-11)6-17-8-14-10-20-9-13(16)4-5-15(20)19-14/h2-5,7,9-10,17H,6,8H2,1H3. The minimum Gasteiger partial charge on any atom is -0.307 e. The van der Waals surface area contributed by atoms with Crippen molar-refractivity contribution < 1.29 is 0 Å². The summed E-state index contributed by atoms with van der Waals surface area (Å²) in [7, 11) is 0. The minimum atomic E-state index is 0.708. The number of hydrogen-bond donors (Lipinski definition) is 1. The molecule has 102 valence electrons. The second-order valence-electron chi connectivity index (χ2n) is 4.76. The summed E-state index contributed by atoms with van der Waals surface area (Å²) >= 11 is 5.95. The van der Waals surface area contributed by atoms with Crippen LogP contribution in [0, 0.1) is 6.92 Å². The van der Waals surface area contributed by atoms with Gasteiger partial charge in [-0.25, -0.2) is 4.98 Å². The Morgan fingerprint density at radius 1 is 1.15 bits per heavy atom. The second kappa shape index (κ2) is 5.61. The molecule has 0 unspecified atom stereocenters. The lowest BCUT2D eigenvalue weighted by atomic mass is 10.2. The molecule has 0 amide bonds. The lowest BCUT2D eigenvalue weighted by Crippen LogP contribution is -2.13. The highest BCUT2D eigenvalue weighted by molar-refractivity contribution is 6.30. The Kier molecular flexibility index (Phi) is 3.67. The first-order valence-electron chi connectivity index (χ1n) is 6.46. The fourth-order valence-corrected chi connectivity index (χ4v) is 2.21. The van der Waals surface area contributed by atoms with Gasteiger partial charge in [-0.2, -0.15) is 0 Å². The molecular formula is C15H15ClN4. The van der Waals surface area contributed by atoms with Gasteiger partial charge < -0.3 is 9.72 Å². The molecule has 0 saturated heterocycles. The number of halogens is 1. The van der Waals surface area contributed by atoms with Crippen LogP contribution in [0.3, 0.4) is 0 Å². The quantitative estimate of drug-likeness (QED) is 0.802. The van der Waals surface area contributed by atoms with Crippen LogP contribution in [0.25, 0.3) is 5.65 Å². The highest BCUT2D eigenvalue weighted by Gasteiger charge is 2.02. The van der Waals surface area contributed by atoms with E-state index in [4.69, 9.17) is 11.6 Å². The third kappa shape index (κ3) is 2.98. The molecule has 0 spiro atoms. The zero-order valence-electron chi connectivity index (χ0n) is 11.2. The number of rotatable bonds is 4. The number of hydrogen-bond acceptors (Lipinski definition) is 3. The van der Waals surface area contributed by atoms with Crippen molar-refractivity contribution in [3.05, 3.63) is 64.8 Å². The molecule has 0 aliphatic carbocycles. The van der Waals surface area contributed by atoms with Crippen LogP contribution in [0.1, 0.15) is 17.0 Å². The molecule has 3 heterocycles. The summed E-state index contributed by atoms with van der Waals surface area (Å²) in [4.78, 5) is 8.80. The summed E-state index contributed by atoms with van der Waals surface area (Å²) in [5.41, 5.74) is 4.10. The normalized spacial score (nSPS) is 11.1. The summed E-state index contributed by atoms with van der Waals surface area (Å²) in [6, 6.07) is 7.86. The molecule has 3 aromatic rings. The second-order valence-corrected chi connectivity index (χ2v) is 5.19. The number of aromatic nitrogens is 3. The van der Waals surface area contributed by atoms with E-state index in [9.17, 15) is 0 Å². The summed E-state index contributed by atoms with van der Waals surface area (Å²) < 4.78 is 1.94. The van der Waals surface area contributed by atoms with Gasteiger partial charge in [0.05, 0.1) is 10.7 Å². The van der Waals surface area contributed by atoms with Gasteiger partial charge in [-0.15, -0.1) is 0 Å². The molecule has 0 atom stereocenters. The first-order valence-corrected chi connectivity index (χ1v) is 6.84. The van der Waals surface area contributed by atoms with E-state index in [0.717, 1.165) is 23.6 Å². The molecular weight excluding hydrogens is 272 g/mol. The van der Waals surface area contributed by atoms with Crippen molar-refractivity contribution in [1.29, 1.82) is 0 Å². The van der Waals surface area contributed by atoms with Crippen molar-refractivity contribution in [1.82, 2.24) is 19.7 Å². The highest BCUT2D eigenvalue weighted by atomic mass is 35.5. The molecule has 0 bridgehead atoms. The maximum absolute atomic E-state index is 5.95. The largest absolute Gasteiger partial charge is 0.307 e. The van der Waals surface area contributed by atoms with Gasteiger partial charge in [-0.05, 0) is 30.7 Å². The third-order valence-electron chi connectivity index (χ3n) is 3.07. The fraction of sp³-hybridized carbons (Fsp3) is 0.200. The van der Waals surface area contributed by atoms with E-state index in [1.165, 1.54) is 5.56 Å². The maximum Gasteiger partial charge on any atom is 0.137 e. The first kappa shape index (κ1) is 13.1. The van der Waals surface area contributed by atoms with Crippen molar-refractivity contribution in [2.24, 2.45) is 0 Å². The highest BCUT2D eigenvalue weighted by Crippen LogP contribution is 2.11. The van der Waals surface area contributed by atoms with Crippen LogP contribution in [0.15, 0.2) is 42.9 Å². The smallest absolute Gasteiger partial charge is 0.137 e. The van der Waals surface area contributed by atoms with Crippen LogP contribution in [0.4, 0.5) is 0 Å². The van der Waals surface area contributed by atoms with E-state index in [1.54, 1.807) is 0 Å². The van der Waals surface area contributed by atoms with Crippen LogP contribution in [-0.2, 0) is 13.1 Å². The van der Waals surface area contributed by atoms with Gasteiger partial charge in [0.25, 0.3) is 0 Å². The molecule has 0 fully saturated rings. The van der Waals surface area contributed by atoms with E-state index in [2.05, 4.69) is 21.4 Å². The Morgan fingerprint density at radius 3 is 2.85 bits per heavy atom. The van der Waals surface area contributed by atoms with Crippen LogP contribution in [0.5, 0.6) is 0 Å². The van der Waals surface area contributed by atoms with E-state index >= 15 is 0 Å². The van der Waals surface area contributed by atoms with E-state index in [-0.39, 0.29) is 0 Å². The van der Waals surface area contributed by atoms with Crippen molar-refractivity contribution in [2.75, 3.05) is 0 Å². The Bertz CT molecular complexity index is 718. The Balaban J connectivity index is 1.63. The molecule has 0 radical (unpaired) electrons. The van der Waals surface area contributed by atoms with Gasteiger partial charge in [0.2, 0.25) is 0 Å². The minimum absolute atomic E-state index is 0.708. The lowest BCUT2D eigenvalue weighted by molar-refractivity contribution is 0.680.